The molecular weight excluding hydrogens is 512 g/mol. The van der Waals surface area contributed by atoms with Crippen LogP contribution in [0, 0.1) is 40.7 Å². The molecule has 40 heavy (non-hydrogen) atoms. The number of hydrogen-bond acceptors (Lipinski definition) is 4. The number of ether oxygens (including phenoxy) is 1. The number of hydrogen-bond donors (Lipinski definition) is 2. The smallest absolute Gasteiger partial charge is 0.232 e. The SMILES string of the molecule is COC1CC(C2CCC(C)([C@@H]3[C@@H](CC[C@H](O)c4ccc(F)cc4)C(=O)N3c3ccc(F)cc3)CC2)CC(C)C1O. The van der Waals surface area contributed by atoms with Crippen molar-refractivity contribution in [2.24, 2.45) is 29.1 Å². The molecule has 2 N–H and O–H groups in total. The van der Waals surface area contributed by atoms with E-state index in [0.29, 0.717) is 35.9 Å². The second-order valence-electron chi connectivity index (χ2n) is 12.8. The fourth-order valence-corrected chi connectivity index (χ4v) is 7.91. The van der Waals surface area contributed by atoms with Gasteiger partial charge < -0.3 is 19.8 Å². The molecule has 2 aromatic rings. The van der Waals surface area contributed by atoms with Crippen molar-refractivity contribution in [3.8, 4) is 0 Å². The molecule has 0 bridgehead atoms. The number of carbonyl (C=O) groups excluding carboxylic acids is 1. The standard InChI is InChI=1S/C33H43F2NO4/c1-20-18-23(19-29(40-3)30(20)38)21-14-16-33(2,17-15-21)31-27(12-13-28(37)22-4-6-24(34)7-5-22)32(39)36(31)26-10-8-25(35)9-11-26/h4-11,20-21,23,27-31,37-38H,12-19H2,1-3H3/t20?,21?,23?,27-,28+,29?,30?,31+,33?/m1/s1. The van der Waals surface area contributed by atoms with Crippen molar-refractivity contribution in [1.29, 1.82) is 0 Å². The molecule has 218 valence electrons. The highest BCUT2D eigenvalue weighted by molar-refractivity contribution is 6.03. The number of aliphatic hydroxyl groups is 2. The molecule has 1 saturated heterocycles. The van der Waals surface area contributed by atoms with E-state index in [1.54, 1.807) is 31.4 Å². The van der Waals surface area contributed by atoms with Gasteiger partial charge in [0.2, 0.25) is 5.91 Å². The largest absolute Gasteiger partial charge is 0.390 e. The third kappa shape index (κ3) is 5.70. The van der Waals surface area contributed by atoms with Crippen molar-refractivity contribution in [3.63, 3.8) is 0 Å². The molecule has 7 atom stereocenters. The highest BCUT2D eigenvalue weighted by Gasteiger charge is 2.57. The minimum Gasteiger partial charge on any atom is -0.390 e. The number of amides is 1. The van der Waals surface area contributed by atoms with E-state index in [1.165, 1.54) is 24.3 Å². The quantitative estimate of drug-likeness (QED) is 0.369. The van der Waals surface area contributed by atoms with Crippen LogP contribution in [0.25, 0.3) is 0 Å². The van der Waals surface area contributed by atoms with Gasteiger partial charge in [0.25, 0.3) is 0 Å². The Kier molecular flexibility index (Phi) is 8.65. The molecular formula is C33H43F2NO4. The van der Waals surface area contributed by atoms with Crippen LogP contribution in [0.3, 0.4) is 0 Å². The van der Waals surface area contributed by atoms with Crippen molar-refractivity contribution in [1.82, 2.24) is 0 Å². The Bertz CT molecular complexity index is 1150. The summed E-state index contributed by atoms with van der Waals surface area (Å²) in [5.41, 5.74) is 1.26. The summed E-state index contributed by atoms with van der Waals surface area (Å²) >= 11 is 0. The first-order chi connectivity index (χ1) is 19.1. The average molecular weight is 556 g/mol. The van der Waals surface area contributed by atoms with Gasteiger partial charge in [0.15, 0.2) is 0 Å². The minimum absolute atomic E-state index is 0.0179. The third-order valence-corrected chi connectivity index (χ3v) is 10.4. The van der Waals surface area contributed by atoms with Crippen LogP contribution in [0.5, 0.6) is 0 Å². The lowest BCUT2D eigenvalue weighted by molar-refractivity contribution is -0.136. The average Bonchev–Trinajstić information content (AvgIpc) is 2.94. The van der Waals surface area contributed by atoms with Crippen LogP contribution >= 0.6 is 0 Å². The van der Waals surface area contributed by atoms with Gasteiger partial charge in [0, 0.05) is 12.8 Å². The molecule has 0 aromatic heterocycles. The Hall–Kier alpha value is -2.35. The predicted octanol–water partition coefficient (Wildman–Crippen LogP) is 6.43. The Labute approximate surface area is 236 Å². The van der Waals surface area contributed by atoms with Crippen molar-refractivity contribution in [2.45, 2.75) is 89.6 Å². The zero-order chi connectivity index (χ0) is 28.6. The number of aliphatic hydroxyl groups excluding tert-OH is 2. The number of anilines is 1. The zero-order valence-electron chi connectivity index (χ0n) is 23.8. The molecule has 1 heterocycles. The van der Waals surface area contributed by atoms with Crippen LogP contribution in [-0.2, 0) is 9.53 Å². The Morgan fingerprint density at radius 2 is 1.60 bits per heavy atom. The number of nitrogens with zero attached hydrogens (tertiary/aromatic N) is 1. The summed E-state index contributed by atoms with van der Waals surface area (Å²) in [5.74, 6) is 0.404. The fourth-order valence-electron chi connectivity index (χ4n) is 7.91. The van der Waals surface area contributed by atoms with Gasteiger partial charge in [-0.15, -0.1) is 0 Å². The first-order valence-electron chi connectivity index (χ1n) is 14.8. The van der Waals surface area contributed by atoms with Crippen LogP contribution in [0.1, 0.15) is 76.9 Å². The summed E-state index contributed by atoms with van der Waals surface area (Å²) in [6, 6.07) is 12.0. The topological polar surface area (TPSA) is 70.0 Å². The lowest BCUT2D eigenvalue weighted by Gasteiger charge is -2.58. The van der Waals surface area contributed by atoms with E-state index in [-0.39, 0.29) is 46.9 Å². The molecule has 5 rings (SSSR count). The Morgan fingerprint density at radius 1 is 1.00 bits per heavy atom. The third-order valence-electron chi connectivity index (χ3n) is 10.4. The van der Waals surface area contributed by atoms with Gasteiger partial charge in [-0.2, -0.15) is 0 Å². The molecule has 5 nitrogen and oxygen atoms in total. The molecule has 3 fully saturated rings. The molecule has 2 saturated carbocycles. The molecule has 2 aromatic carbocycles. The molecule has 1 aliphatic heterocycles. The highest BCUT2D eigenvalue weighted by Crippen LogP contribution is 2.54. The minimum atomic E-state index is -0.769. The molecule has 7 heteroatoms. The van der Waals surface area contributed by atoms with E-state index in [1.807, 2.05) is 4.90 Å². The maximum Gasteiger partial charge on any atom is 0.232 e. The van der Waals surface area contributed by atoms with E-state index in [0.717, 1.165) is 38.5 Å². The van der Waals surface area contributed by atoms with E-state index >= 15 is 0 Å². The summed E-state index contributed by atoms with van der Waals surface area (Å²) in [7, 11) is 1.69. The lowest BCUT2D eigenvalue weighted by atomic mass is 9.57. The summed E-state index contributed by atoms with van der Waals surface area (Å²) in [6.07, 6.45) is 5.64. The number of halogens is 2. The van der Waals surface area contributed by atoms with E-state index in [4.69, 9.17) is 4.74 Å². The fraction of sp³-hybridized carbons (Fsp3) is 0.606. The van der Waals surface area contributed by atoms with Gasteiger partial charge in [-0.05, 0) is 116 Å². The van der Waals surface area contributed by atoms with Gasteiger partial charge in [-0.1, -0.05) is 26.0 Å². The summed E-state index contributed by atoms with van der Waals surface area (Å²) in [4.78, 5) is 15.4. The van der Waals surface area contributed by atoms with E-state index in [9.17, 15) is 23.8 Å². The van der Waals surface area contributed by atoms with Gasteiger partial charge in [-0.25, -0.2) is 8.78 Å². The Morgan fingerprint density at radius 3 is 2.20 bits per heavy atom. The predicted molar refractivity (Wildman–Crippen MR) is 151 cm³/mol. The monoisotopic (exact) mass is 555 g/mol. The maximum absolute atomic E-state index is 13.7. The van der Waals surface area contributed by atoms with Gasteiger partial charge in [0.05, 0.1) is 30.3 Å². The second kappa shape index (κ2) is 11.9. The zero-order valence-corrected chi connectivity index (χ0v) is 23.8. The van der Waals surface area contributed by atoms with E-state index < -0.39 is 12.2 Å². The van der Waals surface area contributed by atoms with Gasteiger partial charge in [0.1, 0.15) is 11.6 Å². The molecule has 0 spiro atoms. The van der Waals surface area contributed by atoms with Crippen molar-refractivity contribution in [3.05, 3.63) is 65.7 Å². The van der Waals surface area contributed by atoms with Crippen molar-refractivity contribution in [2.75, 3.05) is 12.0 Å². The lowest BCUT2D eigenvalue weighted by Crippen LogP contribution is -2.68. The number of benzene rings is 2. The molecule has 0 radical (unpaired) electrons. The highest BCUT2D eigenvalue weighted by atomic mass is 19.1. The first-order valence-corrected chi connectivity index (χ1v) is 14.8. The number of rotatable bonds is 8. The summed E-state index contributed by atoms with van der Waals surface area (Å²) in [5, 5.41) is 21.3. The van der Waals surface area contributed by atoms with E-state index in [2.05, 4.69) is 13.8 Å². The van der Waals surface area contributed by atoms with Crippen LogP contribution in [0.2, 0.25) is 0 Å². The molecule has 1 amide bonds. The molecule has 4 unspecified atom stereocenters. The number of carbonyl (C=O) groups is 1. The normalized spacial score (nSPS) is 35.3. The van der Waals surface area contributed by atoms with Gasteiger partial charge in [-0.3, -0.25) is 4.79 Å². The molecule has 3 aliphatic rings. The van der Waals surface area contributed by atoms with Gasteiger partial charge >= 0.3 is 0 Å². The first kappa shape index (κ1) is 29.2. The Balaban J connectivity index is 1.30. The van der Waals surface area contributed by atoms with Crippen LogP contribution in [-0.4, -0.2) is 41.5 Å². The van der Waals surface area contributed by atoms with Crippen LogP contribution in [0.15, 0.2) is 48.5 Å². The van der Waals surface area contributed by atoms with Crippen LogP contribution in [0.4, 0.5) is 14.5 Å². The number of methoxy groups -OCH3 is 1. The summed E-state index contributed by atoms with van der Waals surface area (Å²) in [6.45, 7) is 4.40. The molecule has 2 aliphatic carbocycles. The second-order valence-corrected chi connectivity index (χ2v) is 12.8. The van der Waals surface area contributed by atoms with Crippen molar-refractivity contribution < 1.29 is 28.5 Å². The van der Waals surface area contributed by atoms with Crippen molar-refractivity contribution >= 4 is 11.6 Å². The number of β-lactam (4-membered cyclic amide) rings is 1. The maximum atomic E-state index is 13.7. The van der Waals surface area contributed by atoms with Crippen LogP contribution < -0.4 is 4.90 Å². The summed E-state index contributed by atoms with van der Waals surface area (Å²) < 4.78 is 32.7.